The highest BCUT2D eigenvalue weighted by atomic mass is 19.4. The van der Waals surface area contributed by atoms with Crippen molar-refractivity contribution in [1.82, 2.24) is 9.78 Å². The van der Waals surface area contributed by atoms with Crippen molar-refractivity contribution in [3.05, 3.63) is 47.5 Å². The molecular weight excluding hydrogens is 332 g/mol. The van der Waals surface area contributed by atoms with Gasteiger partial charge >= 0.3 is 6.18 Å². The number of aromatic nitrogens is 2. The van der Waals surface area contributed by atoms with Crippen molar-refractivity contribution in [2.45, 2.75) is 18.8 Å². The minimum Gasteiger partial charge on any atom is -0.381 e. The zero-order valence-corrected chi connectivity index (χ0v) is 11.9. The third-order valence-electron chi connectivity index (χ3n) is 2.98. The van der Waals surface area contributed by atoms with Gasteiger partial charge in [0.05, 0.1) is 23.7 Å². The normalized spacial score (nSPS) is 12.5. The van der Waals surface area contributed by atoms with Gasteiger partial charge in [-0.2, -0.15) is 22.8 Å². The predicted octanol–water partition coefficient (Wildman–Crippen LogP) is 1.91. The van der Waals surface area contributed by atoms with Gasteiger partial charge in [0, 0.05) is 18.0 Å². The highest BCUT2D eigenvalue weighted by molar-refractivity contribution is 5.94. The van der Waals surface area contributed by atoms with Crippen LogP contribution in [0.2, 0.25) is 0 Å². The van der Waals surface area contributed by atoms with E-state index >= 15 is 0 Å². The van der Waals surface area contributed by atoms with Gasteiger partial charge in [-0.1, -0.05) is 0 Å². The summed E-state index contributed by atoms with van der Waals surface area (Å²) in [4.78, 5) is 11.8. The van der Waals surface area contributed by atoms with Gasteiger partial charge in [0.15, 0.2) is 6.10 Å². The van der Waals surface area contributed by atoms with Gasteiger partial charge in [0.2, 0.25) is 5.95 Å². The summed E-state index contributed by atoms with van der Waals surface area (Å²) < 4.78 is 52.2. The van der Waals surface area contributed by atoms with Gasteiger partial charge in [-0.25, -0.2) is 0 Å². The van der Waals surface area contributed by atoms with Crippen molar-refractivity contribution in [2.75, 3.05) is 5.32 Å². The Kier molecular flexibility index (Phi) is 4.85. The molecule has 0 radical (unpaired) electrons. The van der Waals surface area contributed by atoms with Crippen molar-refractivity contribution >= 4 is 11.6 Å². The minimum atomic E-state index is -4.77. The van der Waals surface area contributed by atoms with Crippen LogP contribution in [0.5, 0.6) is 0 Å². The molecule has 24 heavy (non-hydrogen) atoms. The maximum Gasteiger partial charge on any atom is 0.417 e. The number of carbonyl (C=O) groups is 1. The average Bonchev–Trinajstić information content (AvgIpc) is 2.91. The van der Waals surface area contributed by atoms with Crippen LogP contribution in [-0.4, -0.2) is 26.9 Å². The molecule has 2 aromatic rings. The van der Waals surface area contributed by atoms with E-state index in [2.05, 4.69) is 10.4 Å². The number of rotatable bonds is 4. The number of carbonyl (C=O) groups excluding carboxylic acids is 1. The van der Waals surface area contributed by atoms with Gasteiger partial charge in [0.1, 0.15) is 0 Å². The summed E-state index contributed by atoms with van der Waals surface area (Å²) in [6.45, 7) is -0.377. The Hall–Kier alpha value is -2.93. The lowest BCUT2D eigenvalue weighted by molar-refractivity contribution is -0.137. The van der Waals surface area contributed by atoms with Crippen LogP contribution in [0.25, 0.3) is 0 Å². The molecule has 0 bridgehead atoms. The number of aliphatic hydroxyl groups excluding tert-OH is 1. The summed E-state index contributed by atoms with van der Waals surface area (Å²) in [6.07, 6.45) is -5.24. The SMILES string of the molecule is N#Cc1ccc(NC(=O)[C@@H](O)Cn2ccc(F)n2)cc1C(F)(F)F. The molecule has 1 amide bonds. The first kappa shape index (κ1) is 17.4. The van der Waals surface area contributed by atoms with Crippen molar-refractivity contribution < 1.29 is 27.5 Å². The summed E-state index contributed by atoms with van der Waals surface area (Å²) in [5.74, 6) is -1.80. The quantitative estimate of drug-likeness (QED) is 0.831. The second-order valence-electron chi connectivity index (χ2n) is 4.74. The highest BCUT2D eigenvalue weighted by Gasteiger charge is 2.34. The van der Waals surface area contributed by atoms with Crippen LogP contribution < -0.4 is 5.32 Å². The number of hydrogen-bond acceptors (Lipinski definition) is 4. The summed E-state index contributed by atoms with van der Waals surface area (Å²) in [7, 11) is 0. The molecule has 6 nitrogen and oxygen atoms in total. The fourth-order valence-electron chi connectivity index (χ4n) is 1.88. The van der Waals surface area contributed by atoms with Crippen LogP contribution in [0.3, 0.4) is 0 Å². The molecule has 1 heterocycles. The molecule has 2 rings (SSSR count). The molecule has 0 saturated carbocycles. The topological polar surface area (TPSA) is 90.9 Å². The number of aliphatic hydroxyl groups is 1. The zero-order chi connectivity index (χ0) is 17.9. The van der Waals surface area contributed by atoms with Gasteiger partial charge in [-0.15, -0.1) is 5.10 Å². The van der Waals surface area contributed by atoms with E-state index in [0.29, 0.717) is 6.07 Å². The van der Waals surface area contributed by atoms with Crippen molar-refractivity contribution in [3.8, 4) is 6.07 Å². The maximum atomic E-state index is 12.8. The molecule has 2 N–H and O–H groups in total. The van der Waals surface area contributed by atoms with E-state index in [1.54, 1.807) is 0 Å². The Morgan fingerprint density at radius 1 is 1.42 bits per heavy atom. The summed E-state index contributed by atoms with van der Waals surface area (Å²) in [5.41, 5.74) is -2.03. The summed E-state index contributed by atoms with van der Waals surface area (Å²) >= 11 is 0. The molecule has 10 heteroatoms. The molecule has 0 fully saturated rings. The fourth-order valence-corrected chi connectivity index (χ4v) is 1.88. The molecular formula is C14H10F4N4O2. The van der Waals surface area contributed by atoms with Crippen LogP contribution in [-0.2, 0) is 17.5 Å². The Morgan fingerprint density at radius 2 is 2.12 bits per heavy atom. The van der Waals surface area contributed by atoms with Crippen molar-refractivity contribution in [3.63, 3.8) is 0 Å². The third kappa shape index (κ3) is 4.08. The first-order valence-corrected chi connectivity index (χ1v) is 6.50. The van der Waals surface area contributed by atoms with Gasteiger partial charge in [-0.05, 0) is 18.2 Å². The van der Waals surface area contributed by atoms with Crippen LogP contribution in [0.4, 0.5) is 23.2 Å². The van der Waals surface area contributed by atoms with E-state index < -0.39 is 35.3 Å². The number of benzene rings is 1. The molecule has 0 unspecified atom stereocenters. The van der Waals surface area contributed by atoms with Gasteiger partial charge in [0.25, 0.3) is 5.91 Å². The molecule has 0 aliphatic rings. The van der Waals surface area contributed by atoms with Gasteiger partial charge < -0.3 is 10.4 Å². The lowest BCUT2D eigenvalue weighted by Gasteiger charge is -2.14. The zero-order valence-electron chi connectivity index (χ0n) is 11.9. The van der Waals surface area contributed by atoms with Crippen LogP contribution in [0.15, 0.2) is 30.5 Å². The third-order valence-corrected chi connectivity index (χ3v) is 2.98. The lowest BCUT2D eigenvalue weighted by Crippen LogP contribution is -2.32. The molecule has 0 spiro atoms. The van der Waals surface area contributed by atoms with E-state index in [4.69, 9.17) is 5.26 Å². The molecule has 0 aliphatic heterocycles. The maximum absolute atomic E-state index is 12.8. The Balaban J connectivity index is 2.12. The van der Waals surface area contributed by atoms with Crippen LogP contribution >= 0.6 is 0 Å². The van der Waals surface area contributed by atoms with Crippen molar-refractivity contribution in [2.24, 2.45) is 0 Å². The van der Waals surface area contributed by atoms with E-state index in [-0.39, 0.29) is 12.2 Å². The average molecular weight is 342 g/mol. The molecule has 1 atom stereocenters. The summed E-state index contributed by atoms with van der Waals surface area (Å²) in [5, 5.41) is 23.8. The minimum absolute atomic E-state index is 0.239. The second-order valence-corrected chi connectivity index (χ2v) is 4.74. The monoisotopic (exact) mass is 342 g/mol. The smallest absolute Gasteiger partial charge is 0.381 e. The number of halogens is 4. The van der Waals surface area contributed by atoms with Gasteiger partial charge in [-0.3, -0.25) is 9.48 Å². The number of anilines is 1. The number of nitrogens with zero attached hydrogens (tertiary/aromatic N) is 3. The summed E-state index contributed by atoms with van der Waals surface area (Å²) in [6, 6.07) is 5.03. The number of hydrogen-bond donors (Lipinski definition) is 2. The molecule has 0 aliphatic carbocycles. The Bertz CT molecular complexity index is 795. The Labute approximate surface area is 132 Å². The first-order valence-electron chi connectivity index (χ1n) is 6.50. The molecule has 1 aromatic carbocycles. The largest absolute Gasteiger partial charge is 0.417 e. The first-order chi connectivity index (χ1) is 11.2. The number of amides is 1. The van der Waals surface area contributed by atoms with Crippen LogP contribution in [0.1, 0.15) is 11.1 Å². The van der Waals surface area contributed by atoms with Crippen LogP contribution in [0, 0.1) is 17.3 Å². The van der Waals surface area contributed by atoms with E-state index in [9.17, 15) is 27.5 Å². The number of nitrogens with one attached hydrogen (secondary N) is 1. The molecule has 0 saturated heterocycles. The molecule has 126 valence electrons. The lowest BCUT2D eigenvalue weighted by atomic mass is 10.1. The number of alkyl halides is 3. The highest BCUT2D eigenvalue weighted by Crippen LogP contribution is 2.33. The number of nitriles is 1. The van der Waals surface area contributed by atoms with Crippen molar-refractivity contribution in [1.29, 1.82) is 5.26 Å². The fraction of sp³-hybridized carbons (Fsp3) is 0.214. The predicted molar refractivity (Wildman–Crippen MR) is 73.0 cm³/mol. The standard InChI is InChI=1S/C14H10F4N4O2/c15-12-3-4-22(21-12)7-11(23)13(24)20-9-2-1-8(6-19)10(5-9)14(16,17)18/h1-5,11,23H,7H2,(H,20,24)/t11-/m0/s1. The van der Waals surface area contributed by atoms with E-state index in [0.717, 1.165) is 22.9 Å². The Morgan fingerprint density at radius 3 is 2.67 bits per heavy atom. The molecule has 1 aromatic heterocycles. The van der Waals surface area contributed by atoms with E-state index in [1.165, 1.54) is 12.3 Å². The van der Waals surface area contributed by atoms with E-state index in [1.807, 2.05) is 0 Å². The second kappa shape index (κ2) is 6.67.